The zero-order valence-electron chi connectivity index (χ0n) is 15.5. The van der Waals surface area contributed by atoms with Gasteiger partial charge in [0.15, 0.2) is 5.16 Å². The van der Waals surface area contributed by atoms with Gasteiger partial charge in [0.05, 0.1) is 24.2 Å². The number of hydrogen-bond acceptors (Lipinski definition) is 7. The minimum Gasteiger partial charge on any atom is -0.466 e. The fraction of sp³-hybridized carbons (Fsp3) is 0.368. The van der Waals surface area contributed by atoms with E-state index < -0.39 is 11.9 Å². The molecule has 3 heterocycles. The molecule has 0 unspecified atom stereocenters. The number of carbonyl (C=O) groups excluding carboxylic acids is 1. The van der Waals surface area contributed by atoms with Gasteiger partial charge in [-0.3, -0.25) is 9.78 Å². The molecule has 0 radical (unpaired) electrons. The third kappa shape index (κ3) is 3.90. The molecule has 2 aromatic rings. The molecule has 1 atom stereocenters. The maximum Gasteiger partial charge on any atom is 0.336 e. The molecule has 0 saturated heterocycles. The minimum absolute atomic E-state index is 0.269. The van der Waals surface area contributed by atoms with Crippen LogP contribution in [0.15, 0.2) is 45.7 Å². The third-order valence-corrected chi connectivity index (χ3v) is 5.34. The number of aromatic amines is 1. The van der Waals surface area contributed by atoms with E-state index in [4.69, 9.17) is 4.74 Å². The van der Waals surface area contributed by atoms with Gasteiger partial charge in [-0.1, -0.05) is 31.2 Å². The summed E-state index contributed by atoms with van der Waals surface area (Å²) in [5.74, 6) is 0.275. The average Bonchev–Trinajstić information content (AvgIpc) is 2.67. The number of pyridine rings is 1. The van der Waals surface area contributed by atoms with Crippen LogP contribution >= 0.6 is 11.8 Å². The monoisotopic (exact) mass is 386 g/mol. The molecule has 0 aromatic carbocycles. The van der Waals surface area contributed by atoms with E-state index in [1.54, 1.807) is 25.4 Å². The van der Waals surface area contributed by atoms with Gasteiger partial charge in [-0.2, -0.15) is 0 Å². The highest BCUT2D eigenvalue weighted by Crippen LogP contribution is 2.39. The number of rotatable bonds is 6. The summed E-state index contributed by atoms with van der Waals surface area (Å²) in [6.45, 7) is 3.90. The Labute approximate surface area is 161 Å². The average molecular weight is 386 g/mol. The zero-order valence-corrected chi connectivity index (χ0v) is 16.4. The van der Waals surface area contributed by atoms with Crippen molar-refractivity contribution in [2.75, 3.05) is 18.2 Å². The lowest BCUT2D eigenvalue weighted by Gasteiger charge is -2.28. The number of anilines is 1. The second-order valence-corrected chi connectivity index (χ2v) is 7.29. The summed E-state index contributed by atoms with van der Waals surface area (Å²) >= 11 is 1.52. The van der Waals surface area contributed by atoms with Crippen LogP contribution in [0.5, 0.6) is 0 Å². The molecule has 0 spiro atoms. The molecule has 1 aliphatic heterocycles. The van der Waals surface area contributed by atoms with E-state index in [1.165, 1.54) is 18.9 Å². The molecule has 142 valence electrons. The largest absolute Gasteiger partial charge is 0.466 e. The van der Waals surface area contributed by atoms with Crippen molar-refractivity contribution in [3.63, 3.8) is 0 Å². The van der Waals surface area contributed by atoms with Crippen molar-refractivity contribution in [1.29, 1.82) is 0 Å². The first-order valence-corrected chi connectivity index (χ1v) is 9.78. The maximum absolute atomic E-state index is 12.9. The summed E-state index contributed by atoms with van der Waals surface area (Å²) in [6, 6.07) is 3.62. The first kappa shape index (κ1) is 19.2. The molecule has 0 fully saturated rings. The Balaban J connectivity index is 2.12. The highest BCUT2D eigenvalue weighted by molar-refractivity contribution is 7.99. The number of ether oxygens (including phenoxy) is 1. The maximum atomic E-state index is 12.9. The number of carbonyl (C=O) groups is 1. The fourth-order valence-electron chi connectivity index (χ4n) is 3.07. The SMILES string of the molecule is CCCCSc1nc2c(c(=O)[nH]1)[C@H](c1cccnc1)C(C(=O)OC)=C(C)N2. The summed E-state index contributed by atoms with van der Waals surface area (Å²) in [7, 11) is 1.33. The summed E-state index contributed by atoms with van der Waals surface area (Å²) in [4.78, 5) is 36.9. The van der Waals surface area contributed by atoms with Crippen LogP contribution in [0, 0.1) is 0 Å². The van der Waals surface area contributed by atoms with Gasteiger partial charge in [-0.05, 0) is 25.0 Å². The molecule has 0 amide bonds. The van der Waals surface area contributed by atoms with E-state index in [2.05, 4.69) is 27.2 Å². The lowest BCUT2D eigenvalue weighted by Crippen LogP contribution is -2.31. The van der Waals surface area contributed by atoms with Gasteiger partial charge in [0.25, 0.3) is 5.56 Å². The van der Waals surface area contributed by atoms with Crippen LogP contribution in [0.2, 0.25) is 0 Å². The Hall–Kier alpha value is -2.61. The molecular formula is C19H22N4O3S. The molecule has 2 N–H and O–H groups in total. The summed E-state index contributed by atoms with van der Waals surface area (Å²) < 4.78 is 4.96. The van der Waals surface area contributed by atoms with Crippen LogP contribution in [-0.2, 0) is 9.53 Å². The lowest BCUT2D eigenvalue weighted by atomic mass is 9.83. The Bertz CT molecular complexity index is 924. The molecule has 3 rings (SSSR count). The normalized spacial score (nSPS) is 15.9. The number of aromatic nitrogens is 3. The number of hydrogen-bond donors (Lipinski definition) is 2. The predicted octanol–water partition coefficient (Wildman–Crippen LogP) is 3.06. The number of esters is 1. The summed E-state index contributed by atoms with van der Waals surface area (Å²) in [5.41, 5.74) is 1.87. The molecule has 0 saturated carbocycles. The number of methoxy groups -OCH3 is 1. The van der Waals surface area contributed by atoms with E-state index in [0.717, 1.165) is 24.2 Å². The second kappa shape index (κ2) is 8.39. The number of unbranched alkanes of at least 4 members (excludes halogenated alkanes) is 1. The molecule has 27 heavy (non-hydrogen) atoms. The first-order valence-electron chi connectivity index (χ1n) is 8.79. The molecular weight excluding hydrogens is 364 g/mol. The van der Waals surface area contributed by atoms with Gasteiger partial charge in [-0.15, -0.1) is 0 Å². The molecule has 7 nitrogen and oxygen atoms in total. The van der Waals surface area contributed by atoms with Gasteiger partial charge in [0, 0.05) is 23.8 Å². The van der Waals surface area contributed by atoms with Gasteiger partial charge in [0.2, 0.25) is 0 Å². The van der Waals surface area contributed by atoms with Gasteiger partial charge in [0.1, 0.15) is 5.82 Å². The van der Waals surface area contributed by atoms with Crippen LogP contribution in [0.4, 0.5) is 5.82 Å². The van der Waals surface area contributed by atoms with Gasteiger partial charge < -0.3 is 15.0 Å². The van der Waals surface area contributed by atoms with Crippen LogP contribution in [0.25, 0.3) is 0 Å². The van der Waals surface area contributed by atoms with Crippen molar-refractivity contribution in [3.05, 3.63) is 57.3 Å². The predicted molar refractivity (Wildman–Crippen MR) is 105 cm³/mol. The second-order valence-electron chi connectivity index (χ2n) is 6.21. The number of nitrogens with zero attached hydrogens (tertiary/aromatic N) is 2. The first-order chi connectivity index (χ1) is 13.1. The van der Waals surface area contributed by atoms with Crippen LogP contribution < -0.4 is 10.9 Å². The van der Waals surface area contributed by atoms with E-state index in [1.807, 2.05) is 6.07 Å². The number of fused-ring (bicyclic) bond motifs is 1. The zero-order chi connectivity index (χ0) is 19.4. The Morgan fingerprint density at radius 3 is 2.89 bits per heavy atom. The van der Waals surface area contributed by atoms with Crippen LogP contribution in [-0.4, -0.2) is 33.8 Å². The van der Waals surface area contributed by atoms with E-state index in [9.17, 15) is 9.59 Å². The fourth-order valence-corrected chi connectivity index (χ4v) is 4.02. The van der Waals surface area contributed by atoms with Gasteiger partial charge >= 0.3 is 5.97 Å². The Morgan fingerprint density at radius 2 is 2.22 bits per heavy atom. The quantitative estimate of drug-likeness (QED) is 0.341. The molecule has 0 bridgehead atoms. The standard InChI is InChI=1S/C19H22N4O3S/c1-4-5-9-27-19-22-16-15(17(24)23-19)14(12-7-6-8-20-10-12)13(11(2)21-16)18(25)26-3/h6-8,10,14H,4-5,9H2,1-3H3,(H2,21,22,23,24)/t14-/m1/s1. The van der Waals surface area contributed by atoms with Crippen molar-refractivity contribution in [2.45, 2.75) is 37.8 Å². The smallest absolute Gasteiger partial charge is 0.336 e. The number of allylic oxidation sites excluding steroid dienone is 1. The van der Waals surface area contributed by atoms with E-state index in [-0.39, 0.29) is 5.56 Å². The van der Waals surface area contributed by atoms with Crippen molar-refractivity contribution >= 4 is 23.5 Å². The van der Waals surface area contributed by atoms with Gasteiger partial charge in [-0.25, -0.2) is 9.78 Å². The highest BCUT2D eigenvalue weighted by Gasteiger charge is 2.36. The van der Waals surface area contributed by atoms with E-state index in [0.29, 0.717) is 27.8 Å². The molecule has 1 aliphatic rings. The van der Waals surface area contributed by atoms with E-state index >= 15 is 0 Å². The van der Waals surface area contributed by atoms with Crippen molar-refractivity contribution in [1.82, 2.24) is 15.0 Å². The highest BCUT2D eigenvalue weighted by atomic mass is 32.2. The molecule has 2 aromatic heterocycles. The molecule has 8 heteroatoms. The Kier molecular flexibility index (Phi) is 5.95. The molecule has 0 aliphatic carbocycles. The van der Waals surface area contributed by atoms with Crippen molar-refractivity contribution in [2.24, 2.45) is 0 Å². The topological polar surface area (TPSA) is 97.0 Å². The number of thioether (sulfide) groups is 1. The summed E-state index contributed by atoms with van der Waals surface area (Å²) in [6.07, 6.45) is 5.42. The third-order valence-electron chi connectivity index (χ3n) is 4.38. The van der Waals surface area contributed by atoms with Crippen molar-refractivity contribution in [3.8, 4) is 0 Å². The number of nitrogens with one attached hydrogen (secondary N) is 2. The minimum atomic E-state index is -0.589. The lowest BCUT2D eigenvalue weighted by molar-refractivity contribution is -0.136. The number of H-pyrrole nitrogens is 1. The summed E-state index contributed by atoms with van der Waals surface area (Å²) in [5, 5.41) is 3.68. The van der Waals surface area contributed by atoms with Crippen LogP contribution in [0.3, 0.4) is 0 Å². The van der Waals surface area contributed by atoms with Crippen LogP contribution in [0.1, 0.15) is 43.7 Å². The van der Waals surface area contributed by atoms with Crippen molar-refractivity contribution < 1.29 is 9.53 Å². The Morgan fingerprint density at radius 1 is 1.41 bits per heavy atom.